The SMILES string of the molecule is O=C(Cc1ccc(F)cc1)Cn1cc([N+](=O)[O-])cnc1=O. The molecule has 0 saturated heterocycles. The Morgan fingerprint density at radius 1 is 1.33 bits per heavy atom. The van der Waals surface area contributed by atoms with E-state index in [9.17, 15) is 24.1 Å². The van der Waals surface area contributed by atoms with Crippen LogP contribution in [0.15, 0.2) is 41.5 Å². The van der Waals surface area contributed by atoms with E-state index in [4.69, 9.17) is 0 Å². The first-order chi connectivity index (χ1) is 9.95. The van der Waals surface area contributed by atoms with E-state index in [0.29, 0.717) is 5.56 Å². The highest BCUT2D eigenvalue weighted by Crippen LogP contribution is 2.07. The lowest BCUT2D eigenvalue weighted by Gasteiger charge is -2.04. The molecule has 0 bridgehead atoms. The van der Waals surface area contributed by atoms with Gasteiger partial charge < -0.3 is 0 Å². The Balaban J connectivity index is 2.12. The maximum atomic E-state index is 12.7. The topological polar surface area (TPSA) is 95.1 Å². The number of ketones is 1. The van der Waals surface area contributed by atoms with Crippen LogP contribution in [0.3, 0.4) is 0 Å². The van der Waals surface area contributed by atoms with Gasteiger partial charge >= 0.3 is 11.4 Å². The van der Waals surface area contributed by atoms with Crippen LogP contribution in [-0.2, 0) is 17.8 Å². The standard InChI is InChI=1S/C13H10FN3O4/c14-10-3-1-9(2-4-10)5-12(18)8-16-7-11(17(20)21)6-15-13(16)19/h1-4,6-7H,5,8H2. The smallest absolute Gasteiger partial charge is 0.297 e. The van der Waals surface area contributed by atoms with Crippen LogP contribution in [0, 0.1) is 15.9 Å². The molecule has 1 aromatic heterocycles. The molecule has 0 N–H and O–H groups in total. The molecule has 0 fully saturated rings. The molecule has 0 atom stereocenters. The van der Waals surface area contributed by atoms with Gasteiger partial charge in [-0.15, -0.1) is 0 Å². The minimum Gasteiger partial charge on any atom is -0.297 e. The van der Waals surface area contributed by atoms with E-state index in [2.05, 4.69) is 4.98 Å². The molecule has 0 aliphatic carbocycles. The molecule has 0 unspecified atom stereocenters. The van der Waals surface area contributed by atoms with Gasteiger partial charge in [-0.3, -0.25) is 19.5 Å². The van der Waals surface area contributed by atoms with Crippen molar-refractivity contribution >= 4 is 11.5 Å². The van der Waals surface area contributed by atoms with Crippen LogP contribution in [-0.4, -0.2) is 20.3 Å². The molecule has 8 heteroatoms. The summed E-state index contributed by atoms with van der Waals surface area (Å²) in [5.74, 6) is -0.753. The zero-order valence-corrected chi connectivity index (χ0v) is 10.7. The number of benzene rings is 1. The average Bonchev–Trinajstić information content (AvgIpc) is 2.43. The first kappa shape index (κ1) is 14.5. The van der Waals surface area contributed by atoms with E-state index >= 15 is 0 Å². The van der Waals surface area contributed by atoms with Crippen molar-refractivity contribution in [1.82, 2.24) is 9.55 Å². The summed E-state index contributed by atoms with van der Waals surface area (Å²) >= 11 is 0. The molecule has 0 amide bonds. The van der Waals surface area contributed by atoms with Crippen molar-refractivity contribution in [1.29, 1.82) is 0 Å². The van der Waals surface area contributed by atoms with Gasteiger partial charge in [0.15, 0.2) is 5.78 Å². The highest BCUT2D eigenvalue weighted by atomic mass is 19.1. The van der Waals surface area contributed by atoms with Crippen LogP contribution in [0.5, 0.6) is 0 Å². The van der Waals surface area contributed by atoms with E-state index in [-0.39, 0.29) is 24.4 Å². The van der Waals surface area contributed by atoms with Gasteiger partial charge in [0.05, 0.1) is 17.7 Å². The zero-order valence-electron chi connectivity index (χ0n) is 10.7. The van der Waals surface area contributed by atoms with Crippen molar-refractivity contribution in [2.24, 2.45) is 0 Å². The summed E-state index contributed by atoms with van der Waals surface area (Å²) in [6, 6.07) is 5.37. The van der Waals surface area contributed by atoms with E-state index in [1.54, 1.807) is 0 Å². The Morgan fingerprint density at radius 2 is 2.00 bits per heavy atom. The number of Topliss-reactive ketones (excluding diaryl/α,β-unsaturated/α-hetero) is 1. The second-order valence-corrected chi connectivity index (χ2v) is 4.32. The molecule has 108 valence electrons. The van der Waals surface area contributed by atoms with Gasteiger partial charge in [0.2, 0.25) is 0 Å². The fourth-order valence-electron chi connectivity index (χ4n) is 1.73. The molecule has 21 heavy (non-hydrogen) atoms. The lowest BCUT2D eigenvalue weighted by molar-refractivity contribution is -0.385. The molecule has 0 spiro atoms. The molecule has 2 rings (SSSR count). The highest BCUT2D eigenvalue weighted by molar-refractivity contribution is 5.80. The van der Waals surface area contributed by atoms with Gasteiger partial charge in [0.25, 0.3) is 0 Å². The van der Waals surface area contributed by atoms with Crippen LogP contribution in [0.25, 0.3) is 0 Å². The van der Waals surface area contributed by atoms with Gasteiger partial charge in [-0.1, -0.05) is 12.1 Å². The lowest BCUT2D eigenvalue weighted by atomic mass is 10.1. The van der Waals surface area contributed by atoms with Crippen molar-refractivity contribution in [2.45, 2.75) is 13.0 Å². The molecule has 1 aromatic carbocycles. The summed E-state index contributed by atoms with van der Waals surface area (Å²) in [5.41, 5.74) is -0.523. The third-order valence-corrected chi connectivity index (χ3v) is 2.71. The Bertz CT molecular complexity index is 740. The number of carbonyl (C=O) groups excluding carboxylic acids is 1. The second kappa shape index (κ2) is 6.04. The summed E-state index contributed by atoms with van der Waals surface area (Å²) in [6.07, 6.45) is 1.80. The zero-order chi connectivity index (χ0) is 15.4. The number of halogens is 1. The monoisotopic (exact) mass is 291 g/mol. The van der Waals surface area contributed by atoms with Gasteiger partial charge in [0, 0.05) is 6.42 Å². The predicted octanol–water partition coefficient (Wildman–Crippen LogP) is 1.10. The normalized spacial score (nSPS) is 10.3. The van der Waals surface area contributed by atoms with E-state index in [0.717, 1.165) is 17.0 Å². The van der Waals surface area contributed by atoms with E-state index < -0.39 is 16.4 Å². The fourth-order valence-corrected chi connectivity index (χ4v) is 1.73. The summed E-state index contributed by atoms with van der Waals surface area (Å²) in [6.45, 7) is -0.328. The molecule has 2 aromatic rings. The number of nitrogens with zero attached hydrogens (tertiary/aromatic N) is 3. The number of hydrogen-bond donors (Lipinski definition) is 0. The quantitative estimate of drug-likeness (QED) is 0.607. The minimum absolute atomic E-state index is 0.00455. The first-order valence-electron chi connectivity index (χ1n) is 5.93. The first-order valence-corrected chi connectivity index (χ1v) is 5.93. The molecule has 7 nitrogen and oxygen atoms in total. The fraction of sp³-hybridized carbons (Fsp3) is 0.154. The van der Waals surface area contributed by atoms with Gasteiger partial charge in [-0.25, -0.2) is 9.18 Å². The third-order valence-electron chi connectivity index (χ3n) is 2.71. The average molecular weight is 291 g/mol. The Hall–Kier alpha value is -2.90. The summed E-state index contributed by atoms with van der Waals surface area (Å²) < 4.78 is 13.6. The van der Waals surface area contributed by atoms with Crippen molar-refractivity contribution in [3.63, 3.8) is 0 Å². The molecule has 0 radical (unpaired) electrons. The van der Waals surface area contributed by atoms with E-state index in [1.165, 1.54) is 24.3 Å². The maximum Gasteiger partial charge on any atom is 0.348 e. The number of aromatic nitrogens is 2. The summed E-state index contributed by atoms with van der Waals surface area (Å²) in [7, 11) is 0. The van der Waals surface area contributed by atoms with Crippen molar-refractivity contribution in [3.8, 4) is 0 Å². The van der Waals surface area contributed by atoms with Gasteiger partial charge in [-0.2, -0.15) is 4.98 Å². The minimum atomic E-state index is -0.743. The maximum absolute atomic E-state index is 12.7. The number of hydrogen-bond acceptors (Lipinski definition) is 5. The van der Waals surface area contributed by atoms with Crippen LogP contribution in [0.1, 0.15) is 5.56 Å². The highest BCUT2D eigenvalue weighted by Gasteiger charge is 2.12. The van der Waals surface area contributed by atoms with Crippen LogP contribution >= 0.6 is 0 Å². The van der Waals surface area contributed by atoms with Crippen molar-refractivity contribution in [3.05, 3.63) is 68.6 Å². The molecule has 0 aliphatic rings. The largest absolute Gasteiger partial charge is 0.348 e. The van der Waals surface area contributed by atoms with E-state index in [1.807, 2.05) is 0 Å². The van der Waals surface area contributed by atoms with Crippen LogP contribution in [0.2, 0.25) is 0 Å². The van der Waals surface area contributed by atoms with Crippen LogP contribution in [0.4, 0.5) is 10.1 Å². The number of rotatable bonds is 5. The summed E-state index contributed by atoms with van der Waals surface area (Å²) in [5, 5.41) is 10.6. The van der Waals surface area contributed by atoms with Crippen LogP contribution < -0.4 is 5.69 Å². The molecule has 0 aliphatic heterocycles. The molecule has 0 saturated carbocycles. The predicted molar refractivity (Wildman–Crippen MR) is 70.3 cm³/mol. The molecular formula is C13H10FN3O4. The summed E-state index contributed by atoms with van der Waals surface area (Å²) in [4.78, 5) is 36.5. The Morgan fingerprint density at radius 3 is 2.62 bits per heavy atom. The third kappa shape index (κ3) is 3.78. The second-order valence-electron chi connectivity index (χ2n) is 4.32. The van der Waals surface area contributed by atoms with Gasteiger partial charge in [-0.05, 0) is 17.7 Å². The number of nitro groups is 1. The molecule has 1 heterocycles. The molecular weight excluding hydrogens is 281 g/mol. The van der Waals surface area contributed by atoms with Crippen molar-refractivity contribution in [2.75, 3.05) is 0 Å². The Kier molecular flexibility index (Phi) is 4.17. The van der Waals surface area contributed by atoms with Gasteiger partial charge in [0.1, 0.15) is 12.0 Å². The number of carbonyl (C=O) groups is 1. The lowest BCUT2D eigenvalue weighted by Crippen LogP contribution is -2.26. The van der Waals surface area contributed by atoms with Crippen molar-refractivity contribution < 1.29 is 14.1 Å². The Labute approximate surface area is 117 Å².